The summed E-state index contributed by atoms with van der Waals surface area (Å²) < 4.78 is 0.891. The maximum atomic E-state index is 12.3. The smallest absolute Gasteiger partial charge is 0.326 e. The van der Waals surface area contributed by atoms with Crippen LogP contribution in [0.25, 0.3) is 0 Å². The minimum Gasteiger partial charge on any atom is -0.480 e. The van der Waals surface area contributed by atoms with Crippen molar-refractivity contribution in [2.24, 2.45) is 0 Å². The highest BCUT2D eigenvalue weighted by atomic mass is 79.9. The van der Waals surface area contributed by atoms with Gasteiger partial charge in [-0.3, -0.25) is 9.59 Å². The molecule has 6 nitrogen and oxygen atoms in total. The van der Waals surface area contributed by atoms with Gasteiger partial charge in [0.15, 0.2) is 0 Å². The monoisotopic (exact) mass is 404 g/mol. The number of rotatable bonds is 6. The lowest BCUT2D eigenvalue weighted by Gasteiger charge is -2.15. The van der Waals surface area contributed by atoms with Gasteiger partial charge < -0.3 is 15.7 Å². The molecule has 3 N–H and O–H groups in total. The van der Waals surface area contributed by atoms with E-state index in [0.29, 0.717) is 5.69 Å². The van der Waals surface area contributed by atoms with Crippen LogP contribution in [0.3, 0.4) is 0 Å². The maximum absolute atomic E-state index is 12.3. The van der Waals surface area contributed by atoms with Crippen LogP contribution < -0.4 is 10.6 Å². The molecule has 0 aliphatic carbocycles. The Bertz CT molecular complexity index is 790. The molecule has 0 aromatic heterocycles. The SMILES string of the molecule is CC(=O)Nc1cccc(C(=O)N[C@H](Cc2ccc(Br)cc2)C(=O)O)c1. The van der Waals surface area contributed by atoms with Crippen LogP contribution in [0.1, 0.15) is 22.8 Å². The molecule has 2 rings (SSSR count). The Labute approximate surface area is 153 Å². The first-order valence-electron chi connectivity index (χ1n) is 7.51. The lowest BCUT2D eigenvalue weighted by atomic mass is 10.1. The van der Waals surface area contributed by atoms with Crippen LogP contribution in [-0.2, 0) is 16.0 Å². The van der Waals surface area contributed by atoms with Gasteiger partial charge in [0.05, 0.1) is 0 Å². The standard InChI is InChI=1S/C18H17BrN2O4/c1-11(22)20-15-4-2-3-13(10-15)17(23)21-16(18(24)25)9-12-5-7-14(19)8-6-12/h2-8,10,16H,9H2,1H3,(H,20,22)(H,21,23)(H,24,25)/t16-/m1/s1. The molecule has 0 heterocycles. The van der Waals surface area contributed by atoms with E-state index in [0.717, 1.165) is 10.0 Å². The van der Waals surface area contributed by atoms with Crippen LogP contribution in [-0.4, -0.2) is 28.9 Å². The molecule has 2 aromatic carbocycles. The number of aliphatic carboxylic acids is 1. The highest BCUT2D eigenvalue weighted by Gasteiger charge is 2.21. The van der Waals surface area contributed by atoms with Crippen molar-refractivity contribution in [3.05, 3.63) is 64.1 Å². The molecule has 0 spiro atoms. The third kappa shape index (κ3) is 5.72. The molecule has 0 unspecified atom stereocenters. The Morgan fingerprint density at radius 3 is 2.40 bits per heavy atom. The molecule has 7 heteroatoms. The van der Waals surface area contributed by atoms with Gasteiger partial charge >= 0.3 is 5.97 Å². The Hall–Kier alpha value is -2.67. The van der Waals surface area contributed by atoms with Crippen LogP contribution in [0.5, 0.6) is 0 Å². The zero-order valence-corrected chi connectivity index (χ0v) is 15.0. The second kappa shape index (κ2) is 8.43. The highest BCUT2D eigenvalue weighted by molar-refractivity contribution is 9.10. The van der Waals surface area contributed by atoms with E-state index in [1.807, 2.05) is 12.1 Å². The number of hydrogen-bond acceptors (Lipinski definition) is 3. The number of benzene rings is 2. The fourth-order valence-electron chi connectivity index (χ4n) is 2.24. The van der Waals surface area contributed by atoms with Crippen LogP contribution in [0.15, 0.2) is 53.0 Å². The summed E-state index contributed by atoms with van der Waals surface area (Å²) in [6, 6.07) is 12.5. The molecular formula is C18H17BrN2O4. The highest BCUT2D eigenvalue weighted by Crippen LogP contribution is 2.14. The summed E-state index contributed by atoms with van der Waals surface area (Å²) in [7, 11) is 0. The van der Waals surface area contributed by atoms with E-state index < -0.39 is 17.9 Å². The van der Waals surface area contributed by atoms with E-state index in [1.165, 1.54) is 13.0 Å². The quantitative estimate of drug-likeness (QED) is 0.689. The van der Waals surface area contributed by atoms with Gasteiger partial charge in [-0.05, 0) is 35.9 Å². The second-order valence-electron chi connectivity index (χ2n) is 5.46. The molecule has 0 aliphatic heterocycles. The summed E-state index contributed by atoms with van der Waals surface area (Å²) >= 11 is 3.32. The number of amides is 2. The third-order valence-corrected chi connectivity index (χ3v) is 3.93. The normalized spacial score (nSPS) is 11.4. The van der Waals surface area contributed by atoms with E-state index in [4.69, 9.17) is 0 Å². The first kappa shape index (κ1) is 18.7. The number of carboxylic acid groups (broad SMARTS) is 1. The number of carbonyl (C=O) groups excluding carboxylic acids is 2. The second-order valence-corrected chi connectivity index (χ2v) is 6.37. The van der Waals surface area contributed by atoms with Crippen molar-refractivity contribution in [1.82, 2.24) is 5.32 Å². The lowest BCUT2D eigenvalue weighted by Crippen LogP contribution is -2.42. The summed E-state index contributed by atoms with van der Waals surface area (Å²) in [6.45, 7) is 1.37. The molecule has 0 saturated carbocycles. The first-order chi connectivity index (χ1) is 11.8. The van der Waals surface area contributed by atoms with Crippen molar-refractivity contribution in [2.75, 3.05) is 5.32 Å². The van der Waals surface area contributed by atoms with Crippen molar-refractivity contribution in [3.8, 4) is 0 Å². The number of hydrogen-bond donors (Lipinski definition) is 3. The fraction of sp³-hybridized carbons (Fsp3) is 0.167. The van der Waals surface area contributed by atoms with Gasteiger partial charge in [0.25, 0.3) is 5.91 Å². The minimum absolute atomic E-state index is 0.166. The molecule has 0 bridgehead atoms. The summed E-state index contributed by atoms with van der Waals surface area (Å²) in [4.78, 5) is 34.9. The topological polar surface area (TPSA) is 95.5 Å². The van der Waals surface area contributed by atoms with E-state index in [-0.39, 0.29) is 17.9 Å². The minimum atomic E-state index is -1.12. The van der Waals surface area contributed by atoms with E-state index >= 15 is 0 Å². The largest absolute Gasteiger partial charge is 0.480 e. The van der Waals surface area contributed by atoms with Crippen LogP contribution in [0.4, 0.5) is 5.69 Å². The van der Waals surface area contributed by atoms with Crippen molar-refractivity contribution in [1.29, 1.82) is 0 Å². The summed E-state index contributed by atoms with van der Waals surface area (Å²) in [6.07, 6.45) is 0.166. The molecular weight excluding hydrogens is 388 g/mol. The van der Waals surface area contributed by atoms with E-state index in [2.05, 4.69) is 26.6 Å². The Balaban J connectivity index is 2.11. The molecule has 2 amide bonds. The number of carboxylic acids is 1. The van der Waals surface area contributed by atoms with Gasteiger partial charge in [-0.15, -0.1) is 0 Å². The van der Waals surface area contributed by atoms with Crippen molar-refractivity contribution < 1.29 is 19.5 Å². The van der Waals surface area contributed by atoms with Crippen molar-refractivity contribution in [2.45, 2.75) is 19.4 Å². The molecule has 0 saturated heterocycles. The third-order valence-electron chi connectivity index (χ3n) is 3.40. The van der Waals surface area contributed by atoms with Crippen LogP contribution in [0, 0.1) is 0 Å². The zero-order chi connectivity index (χ0) is 18.4. The number of halogens is 1. The van der Waals surface area contributed by atoms with Crippen molar-refractivity contribution in [3.63, 3.8) is 0 Å². The van der Waals surface area contributed by atoms with Crippen molar-refractivity contribution >= 4 is 39.4 Å². The fourth-order valence-corrected chi connectivity index (χ4v) is 2.50. The number of carbonyl (C=O) groups is 3. The Morgan fingerprint density at radius 1 is 1.12 bits per heavy atom. The summed E-state index contributed by atoms with van der Waals surface area (Å²) in [5.41, 5.74) is 1.54. The van der Waals surface area contributed by atoms with Crippen LogP contribution in [0.2, 0.25) is 0 Å². The predicted molar refractivity (Wildman–Crippen MR) is 97.5 cm³/mol. The maximum Gasteiger partial charge on any atom is 0.326 e. The first-order valence-corrected chi connectivity index (χ1v) is 8.30. The number of anilines is 1. The van der Waals surface area contributed by atoms with E-state index in [9.17, 15) is 19.5 Å². The molecule has 0 fully saturated rings. The molecule has 0 aliphatic rings. The average Bonchev–Trinajstić information content (AvgIpc) is 2.55. The molecule has 0 radical (unpaired) electrons. The van der Waals surface area contributed by atoms with Gasteiger partial charge in [-0.2, -0.15) is 0 Å². The lowest BCUT2D eigenvalue weighted by molar-refractivity contribution is -0.139. The van der Waals surface area contributed by atoms with Gasteiger partial charge in [0.2, 0.25) is 5.91 Å². The predicted octanol–water partition coefficient (Wildman–Crippen LogP) is 2.83. The molecule has 1 atom stereocenters. The Morgan fingerprint density at radius 2 is 1.80 bits per heavy atom. The van der Waals surface area contributed by atoms with Gasteiger partial charge in [0, 0.05) is 29.1 Å². The van der Waals surface area contributed by atoms with Gasteiger partial charge in [-0.1, -0.05) is 34.1 Å². The molecule has 2 aromatic rings. The Kier molecular flexibility index (Phi) is 6.30. The van der Waals surface area contributed by atoms with Crippen LogP contribution >= 0.6 is 15.9 Å². The van der Waals surface area contributed by atoms with Gasteiger partial charge in [-0.25, -0.2) is 4.79 Å². The summed E-state index contributed by atoms with van der Waals surface area (Å²) in [5.74, 6) is -1.89. The number of nitrogens with one attached hydrogen (secondary N) is 2. The molecule has 25 heavy (non-hydrogen) atoms. The average molecular weight is 405 g/mol. The zero-order valence-electron chi connectivity index (χ0n) is 13.5. The van der Waals surface area contributed by atoms with Gasteiger partial charge in [0.1, 0.15) is 6.04 Å². The molecule has 130 valence electrons. The summed E-state index contributed by atoms with van der Waals surface area (Å²) in [5, 5.41) is 14.5. The van der Waals surface area contributed by atoms with E-state index in [1.54, 1.807) is 30.3 Å².